The maximum absolute atomic E-state index is 13.3. The van der Waals surface area contributed by atoms with Crippen molar-refractivity contribution < 1.29 is 14.0 Å². The van der Waals surface area contributed by atoms with Crippen LogP contribution in [0.1, 0.15) is 17.9 Å². The minimum atomic E-state index is -0.717. The standard InChI is InChI=1S/C16H11Cl2FN2O2/c17-8-1-4-13(12(18)5-8)21-16(23)11-7-15(22)20-14-6-9(19)2-3-10(11)14/h1-6,11H,7H2,(H,20,22)(H,21,23). The van der Waals surface area contributed by atoms with Crippen molar-refractivity contribution in [2.75, 3.05) is 10.6 Å². The highest BCUT2D eigenvalue weighted by Crippen LogP contribution is 2.34. The molecule has 2 N–H and O–H groups in total. The molecule has 23 heavy (non-hydrogen) atoms. The molecular weight excluding hydrogens is 342 g/mol. The summed E-state index contributed by atoms with van der Waals surface area (Å²) in [5.41, 5.74) is 1.27. The van der Waals surface area contributed by atoms with E-state index < -0.39 is 17.6 Å². The average Bonchev–Trinajstić information content (AvgIpc) is 2.48. The summed E-state index contributed by atoms with van der Waals surface area (Å²) in [7, 11) is 0. The first kappa shape index (κ1) is 15.8. The van der Waals surface area contributed by atoms with Crippen LogP contribution in [0.25, 0.3) is 0 Å². The molecule has 1 atom stereocenters. The van der Waals surface area contributed by atoms with Crippen molar-refractivity contribution in [3.8, 4) is 0 Å². The summed E-state index contributed by atoms with van der Waals surface area (Å²) in [5.74, 6) is -1.93. The number of hydrogen-bond acceptors (Lipinski definition) is 2. The first-order valence-corrected chi connectivity index (χ1v) is 7.55. The predicted octanol–water partition coefficient (Wildman–Crippen LogP) is 4.20. The van der Waals surface area contributed by atoms with E-state index in [1.165, 1.54) is 24.3 Å². The van der Waals surface area contributed by atoms with Gasteiger partial charge in [-0.3, -0.25) is 9.59 Å². The fourth-order valence-electron chi connectivity index (χ4n) is 2.48. The van der Waals surface area contributed by atoms with Crippen LogP contribution in [0.5, 0.6) is 0 Å². The van der Waals surface area contributed by atoms with Gasteiger partial charge in [0.1, 0.15) is 5.82 Å². The Kier molecular flexibility index (Phi) is 4.24. The Bertz CT molecular complexity index is 811. The maximum Gasteiger partial charge on any atom is 0.232 e. The summed E-state index contributed by atoms with van der Waals surface area (Å²) < 4.78 is 13.3. The van der Waals surface area contributed by atoms with E-state index >= 15 is 0 Å². The summed E-state index contributed by atoms with van der Waals surface area (Å²) in [5, 5.41) is 5.99. The lowest BCUT2D eigenvalue weighted by molar-refractivity contribution is -0.123. The molecule has 0 aliphatic carbocycles. The van der Waals surface area contributed by atoms with E-state index in [1.54, 1.807) is 12.1 Å². The molecule has 2 aromatic carbocycles. The van der Waals surface area contributed by atoms with Gasteiger partial charge in [0, 0.05) is 17.1 Å². The van der Waals surface area contributed by atoms with Crippen LogP contribution in [0.4, 0.5) is 15.8 Å². The molecule has 0 spiro atoms. The summed E-state index contributed by atoms with van der Waals surface area (Å²) >= 11 is 11.9. The van der Waals surface area contributed by atoms with Crippen molar-refractivity contribution in [2.24, 2.45) is 0 Å². The van der Waals surface area contributed by atoms with Gasteiger partial charge in [-0.15, -0.1) is 0 Å². The molecule has 2 aromatic rings. The van der Waals surface area contributed by atoms with Crippen LogP contribution in [0, 0.1) is 5.82 Å². The first-order chi connectivity index (χ1) is 10.9. The number of nitrogens with one attached hydrogen (secondary N) is 2. The lowest BCUT2D eigenvalue weighted by Crippen LogP contribution is -2.31. The molecule has 3 rings (SSSR count). The van der Waals surface area contributed by atoms with Crippen molar-refractivity contribution in [3.05, 3.63) is 57.8 Å². The Hall–Kier alpha value is -2.11. The number of anilines is 2. The van der Waals surface area contributed by atoms with Gasteiger partial charge < -0.3 is 10.6 Å². The molecule has 0 saturated heterocycles. The molecule has 1 heterocycles. The first-order valence-electron chi connectivity index (χ1n) is 6.79. The van der Waals surface area contributed by atoms with Crippen molar-refractivity contribution >= 4 is 46.4 Å². The lowest BCUT2D eigenvalue weighted by atomic mass is 9.89. The second kappa shape index (κ2) is 6.18. The molecule has 118 valence electrons. The van der Waals surface area contributed by atoms with E-state index in [2.05, 4.69) is 10.6 Å². The Labute approximate surface area is 141 Å². The Balaban J connectivity index is 1.89. The molecule has 2 amide bonds. The van der Waals surface area contributed by atoms with Crippen molar-refractivity contribution in [1.82, 2.24) is 0 Å². The second-order valence-electron chi connectivity index (χ2n) is 5.15. The quantitative estimate of drug-likeness (QED) is 0.850. The van der Waals surface area contributed by atoms with Gasteiger partial charge in [0.05, 0.1) is 16.6 Å². The van der Waals surface area contributed by atoms with E-state index in [4.69, 9.17) is 23.2 Å². The molecule has 0 aromatic heterocycles. The van der Waals surface area contributed by atoms with Crippen molar-refractivity contribution in [2.45, 2.75) is 12.3 Å². The summed E-state index contributed by atoms with van der Waals surface area (Å²) in [6.45, 7) is 0. The number of carbonyl (C=O) groups is 2. The highest BCUT2D eigenvalue weighted by atomic mass is 35.5. The van der Waals surface area contributed by atoms with E-state index in [1.807, 2.05) is 0 Å². The van der Waals surface area contributed by atoms with Crippen LogP contribution in [0.2, 0.25) is 10.0 Å². The fourth-order valence-corrected chi connectivity index (χ4v) is 2.94. The number of fused-ring (bicyclic) bond motifs is 1. The largest absolute Gasteiger partial charge is 0.326 e. The third kappa shape index (κ3) is 3.30. The van der Waals surface area contributed by atoms with Gasteiger partial charge in [-0.05, 0) is 35.9 Å². The highest BCUT2D eigenvalue weighted by molar-refractivity contribution is 6.36. The predicted molar refractivity (Wildman–Crippen MR) is 87.5 cm³/mol. The van der Waals surface area contributed by atoms with Gasteiger partial charge in [-0.2, -0.15) is 0 Å². The van der Waals surface area contributed by atoms with E-state index in [9.17, 15) is 14.0 Å². The van der Waals surface area contributed by atoms with Gasteiger partial charge in [-0.1, -0.05) is 29.3 Å². The minimum absolute atomic E-state index is 0.0182. The zero-order valence-corrected chi connectivity index (χ0v) is 13.2. The van der Waals surface area contributed by atoms with Gasteiger partial charge >= 0.3 is 0 Å². The third-order valence-corrected chi connectivity index (χ3v) is 4.11. The Morgan fingerprint density at radius 2 is 2.00 bits per heavy atom. The van der Waals surface area contributed by atoms with Gasteiger partial charge in [0.15, 0.2) is 0 Å². The monoisotopic (exact) mass is 352 g/mol. The minimum Gasteiger partial charge on any atom is -0.326 e. The van der Waals surface area contributed by atoms with Gasteiger partial charge in [0.25, 0.3) is 0 Å². The normalized spacial score (nSPS) is 16.5. The van der Waals surface area contributed by atoms with E-state index in [0.717, 1.165) is 0 Å². The van der Waals surface area contributed by atoms with Crippen molar-refractivity contribution in [3.63, 3.8) is 0 Å². The third-order valence-electron chi connectivity index (χ3n) is 3.56. The maximum atomic E-state index is 13.3. The molecule has 7 heteroatoms. The fraction of sp³-hybridized carbons (Fsp3) is 0.125. The topological polar surface area (TPSA) is 58.2 Å². The zero-order chi connectivity index (χ0) is 16.6. The van der Waals surface area contributed by atoms with Crippen LogP contribution in [0.15, 0.2) is 36.4 Å². The molecule has 1 aliphatic heterocycles. The Morgan fingerprint density at radius 1 is 1.22 bits per heavy atom. The number of halogens is 3. The zero-order valence-electron chi connectivity index (χ0n) is 11.7. The summed E-state index contributed by atoms with van der Waals surface area (Å²) in [4.78, 5) is 24.3. The molecular formula is C16H11Cl2FN2O2. The molecule has 0 radical (unpaired) electrons. The van der Waals surface area contributed by atoms with Crippen LogP contribution in [-0.2, 0) is 9.59 Å². The molecule has 0 saturated carbocycles. The number of benzene rings is 2. The van der Waals surface area contributed by atoms with Crippen LogP contribution < -0.4 is 10.6 Å². The highest BCUT2D eigenvalue weighted by Gasteiger charge is 2.31. The van der Waals surface area contributed by atoms with Crippen molar-refractivity contribution in [1.29, 1.82) is 0 Å². The van der Waals surface area contributed by atoms with Gasteiger partial charge in [0.2, 0.25) is 11.8 Å². The van der Waals surface area contributed by atoms with Crippen LogP contribution >= 0.6 is 23.2 Å². The van der Waals surface area contributed by atoms with E-state index in [-0.39, 0.29) is 12.3 Å². The number of amides is 2. The lowest BCUT2D eigenvalue weighted by Gasteiger charge is -2.25. The number of rotatable bonds is 2. The number of hydrogen-bond donors (Lipinski definition) is 2. The van der Waals surface area contributed by atoms with E-state index in [0.29, 0.717) is 27.0 Å². The summed E-state index contributed by atoms with van der Waals surface area (Å²) in [6, 6.07) is 8.64. The smallest absolute Gasteiger partial charge is 0.232 e. The van der Waals surface area contributed by atoms with Crippen LogP contribution in [-0.4, -0.2) is 11.8 Å². The molecule has 1 unspecified atom stereocenters. The average molecular weight is 353 g/mol. The summed E-state index contributed by atoms with van der Waals surface area (Å²) in [6.07, 6.45) is -0.0182. The second-order valence-corrected chi connectivity index (χ2v) is 5.99. The molecule has 0 bridgehead atoms. The Morgan fingerprint density at radius 3 is 2.74 bits per heavy atom. The van der Waals surface area contributed by atoms with Crippen LogP contribution in [0.3, 0.4) is 0 Å². The molecule has 4 nitrogen and oxygen atoms in total. The number of carbonyl (C=O) groups excluding carboxylic acids is 2. The SMILES string of the molecule is O=C1CC(C(=O)Nc2ccc(Cl)cc2Cl)c2ccc(F)cc2N1. The molecule has 1 aliphatic rings. The molecule has 0 fully saturated rings. The van der Waals surface area contributed by atoms with Gasteiger partial charge in [-0.25, -0.2) is 4.39 Å².